The van der Waals surface area contributed by atoms with Gasteiger partial charge in [0.25, 0.3) is 0 Å². The van der Waals surface area contributed by atoms with Gasteiger partial charge in [0.15, 0.2) is 0 Å². The third-order valence-corrected chi connectivity index (χ3v) is 4.38. The molecule has 0 spiro atoms. The van der Waals surface area contributed by atoms with E-state index in [0.29, 0.717) is 11.9 Å². The molecular formula is C17H23N3O2. The molecule has 0 radical (unpaired) electrons. The first kappa shape index (κ1) is 15.0. The summed E-state index contributed by atoms with van der Waals surface area (Å²) in [4.78, 5) is 8.75. The Morgan fingerprint density at radius 1 is 1.18 bits per heavy atom. The number of aromatic nitrogens is 2. The SMILES string of the molecule is COc1ccc2ncc(OCC[C@H]3CC[C@H](N)CC3)cc2n1. The standard InChI is InChI=1S/C17H23N3O2/c1-21-17-7-6-15-16(20-17)10-14(11-19-15)22-9-8-12-2-4-13(18)5-3-12/h6-7,10-13H,2-5,8-9,18H2,1H3/t12-,13-. The lowest BCUT2D eigenvalue weighted by molar-refractivity contribution is 0.237. The van der Waals surface area contributed by atoms with Gasteiger partial charge in [0, 0.05) is 18.2 Å². The molecular weight excluding hydrogens is 278 g/mol. The van der Waals surface area contributed by atoms with Crippen LogP contribution in [0.15, 0.2) is 24.4 Å². The molecule has 2 heterocycles. The molecule has 2 aromatic heterocycles. The van der Waals surface area contributed by atoms with Crippen molar-refractivity contribution in [2.75, 3.05) is 13.7 Å². The first-order valence-electron chi connectivity index (χ1n) is 7.94. The summed E-state index contributed by atoms with van der Waals surface area (Å²) in [5.41, 5.74) is 7.57. The fraction of sp³-hybridized carbons (Fsp3) is 0.529. The summed E-state index contributed by atoms with van der Waals surface area (Å²) in [6.07, 6.45) is 7.57. The second kappa shape index (κ2) is 6.92. The molecule has 3 rings (SSSR count). The number of hydrogen-bond acceptors (Lipinski definition) is 5. The van der Waals surface area contributed by atoms with Crippen LogP contribution in [0.5, 0.6) is 11.6 Å². The smallest absolute Gasteiger partial charge is 0.213 e. The van der Waals surface area contributed by atoms with Gasteiger partial charge in [-0.15, -0.1) is 0 Å². The normalized spacial score (nSPS) is 21.7. The lowest BCUT2D eigenvalue weighted by Crippen LogP contribution is -2.27. The first-order valence-corrected chi connectivity index (χ1v) is 7.94. The van der Waals surface area contributed by atoms with Crippen molar-refractivity contribution in [1.29, 1.82) is 0 Å². The van der Waals surface area contributed by atoms with Gasteiger partial charge in [-0.1, -0.05) is 0 Å². The Bertz CT molecular complexity index is 624. The van der Waals surface area contributed by atoms with Crippen molar-refractivity contribution in [3.8, 4) is 11.6 Å². The van der Waals surface area contributed by atoms with E-state index in [0.717, 1.165) is 48.6 Å². The van der Waals surface area contributed by atoms with Crippen LogP contribution in [0, 0.1) is 5.92 Å². The Hall–Kier alpha value is -1.88. The number of rotatable bonds is 5. The van der Waals surface area contributed by atoms with Crippen molar-refractivity contribution >= 4 is 11.0 Å². The zero-order chi connectivity index (χ0) is 15.4. The van der Waals surface area contributed by atoms with Crippen molar-refractivity contribution in [3.63, 3.8) is 0 Å². The molecule has 0 bridgehead atoms. The second-order valence-corrected chi connectivity index (χ2v) is 5.98. The number of fused-ring (bicyclic) bond motifs is 1. The van der Waals surface area contributed by atoms with Gasteiger partial charge in [0.2, 0.25) is 5.88 Å². The molecule has 118 valence electrons. The summed E-state index contributed by atoms with van der Waals surface area (Å²) in [6, 6.07) is 6.03. The predicted molar refractivity (Wildman–Crippen MR) is 86.1 cm³/mol. The molecule has 2 aromatic rings. The van der Waals surface area contributed by atoms with Gasteiger partial charge in [-0.25, -0.2) is 4.98 Å². The Morgan fingerprint density at radius 2 is 2.00 bits per heavy atom. The second-order valence-electron chi connectivity index (χ2n) is 5.98. The number of nitrogens with zero attached hydrogens (tertiary/aromatic N) is 2. The molecule has 5 nitrogen and oxygen atoms in total. The zero-order valence-corrected chi connectivity index (χ0v) is 13.0. The van der Waals surface area contributed by atoms with Gasteiger partial charge in [-0.3, -0.25) is 4.98 Å². The maximum absolute atomic E-state index is 5.94. The van der Waals surface area contributed by atoms with Crippen LogP contribution in [0.25, 0.3) is 11.0 Å². The molecule has 1 aliphatic carbocycles. The minimum Gasteiger partial charge on any atom is -0.492 e. The summed E-state index contributed by atoms with van der Waals surface area (Å²) in [7, 11) is 1.61. The molecule has 1 fully saturated rings. The van der Waals surface area contributed by atoms with Crippen molar-refractivity contribution in [1.82, 2.24) is 9.97 Å². The van der Waals surface area contributed by atoms with E-state index in [1.807, 2.05) is 18.2 Å². The van der Waals surface area contributed by atoms with Crippen molar-refractivity contribution in [2.45, 2.75) is 38.1 Å². The molecule has 1 saturated carbocycles. The van der Waals surface area contributed by atoms with E-state index < -0.39 is 0 Å². The molecule has 22 heavy (non-hydrogen) atoms. The van der Waals surface area contributed by atoms with Gasteiger partial charge in [-0.05, 0) is 44.1 Å². The van der Waals surface area contributed by atoms with E-state index in [-0.39, 0.29) is 0 Å². The summed E-state index contributed by atoms with van der Waals surface area (Å²) >= 11 is 0. The van der Waals surface area contributed by atoms with Crippen molar-refractivity contribution < 1.29 is 9.47 Å². The maximum Gasteiger partial charge on any atom is 0.213 e. The molecule has 0 unspecified atom stereocenters. The van der Waals surface area contributed by atoms with E-state index in [1.165, 1.54) is 12.8 Å². The Morgan fingerprint density at radius 3 is 2.77 bits per heavy atom. The van der Waals surface area contributed by atoms with Gasteiger partial charge >= 0.3 is 0 Å². The zero-order valence-electron chi connectivity index (χ0n) is 13.0. The van der Waals surface area contributed by atoms with Crippen LogP contribution < -0.4 is 15.2 Å². The fourth-order valence-electron chi connectivity index (χ4n) is 2.98. The van der Waals surface area contributed by atoms with Crippen LogP contribution in [0.4, 0.5) is 0 Å². The van der Waals surface area contributed by atoms with Crippen LogP contribution in [-0.4, -0.2) is 29.7 Å². The van der Waals surface area contributed by atoms with E-state index in [2.05, 4.69) is 9.97 Å². The van der Waals surface area contributed by atoms with E-state index >= 15 is 0 Å². The summed E-state index contributed by atoms with van der Waals surface area (Å²) < 4.78 is 11.0. The highest BCUT2D eigenvalue weighted by molar-refractivity contribution is 5.75. The molecule has 0 atom stereocenters. The number of ether oxygens (including phenoxy) is 2. The molecule has 0 amide bonds. The average Bonchev–Trinajstić information content (AvgIpc) is 2.56. The van der Waals surface area contributed by atoms with E-state index in [1.54, 1.807) is 13.3 Å². The predicted octanol–water partition coefficient (Wildman–Crippen LogP) is 2.92. The highest BCUT2D eigenvalue weighted by Gasteiger charge is 2.18. The summed E-state index contributed by atoms with van der Waals surface area (Å²) in [6.45, 7) is 0.719. The lowest BCUT2D eigenvalue weighted by Gasteiger charge is -2.25. The van der Waals surface area contributed by atoms with Crippen molar-refractivity contribution in [3.05, 3.63) is 24.4 Å². The van der Waals surface area contributed by atoms with Gasteiger partial charge in [-0.2, -0.15) is 0 Å². The van der Waals surface area contributed by atoms with E-state index in [4.69, 9.17) is 15.2 Å². The van der Waals surface area contributed by atoms with Gasteiger partial charge < -0.3 is 15.2 Å². The lowest BCUT2D eigenvalue weighted by atomic mass is 9.85. The Kier molecular flexibility index (Phi) is 4.73. The first-order chi connectivity index (χ1) is 10.7. The molecule has 5 heteroatoms. The molecule has 1 aliphatic rings. The van der Waals surface area contributed by atoms with Gasteiger partial charge in [0.1, 0.15) is 5.75 Å². The average molecular weight is 301 g/mol. The third-order valence-electron chi connectivity index (χ3n) is 4.38. The molecule has 0 aliphatic heterocycles. The maximum atomic E-state index is 5.94. The number of pyridine rings is 2. The third kappa shape index (κ3) is 3.65. The quantitative estimate of drug-likeness (QED) is 0.919. The van der Waals surface area contributed by atoms with Crippen LogP contribution >= 0.6 is 0 Å². The fourth-order valence-corrected chi connectivity index (χ4v) is 2.98. The minimum atomic E-state index is 0.405. The van der Waals surface area contributed by atoms with E-state index in [9.17, 15) is 0 Å². The largest absolute Gasteiger partial charge is 0.492 e. The number of hydrogen-bond donors (Lipinski definition) is 1. The van der Waals surface area contributed by atoms with Crippen LogP contribution in [-0.2, 0) is 0 Å². The monoisotopic (exact) mass is 301 g/mol. The van der Waals surface area contributed by atoms with Crippen molar-refractivity contribution in [2.24, 2.45) is 11.7 Å². The van der Waals surface area contributed by atoms with Crippen LogP contribution in [0.1, 0.15) is 32.1 Å². The van der Waals surface area contributed by atoms with Crippen LogP contribution in [0.3, 0.4) is 0 Å². The molecule has 0 saturated heterocycles. The molecule has 0 aromatic carbocycles. The highest BCUT2D eigenvalue weighted by atomic mass is 16.5. The highest BCUT2D eigenvalue weighted by Crippen LogP contribution is 2.26. The topological polar surface area (TPSA) is 70.3 Å². The van der Waals surface area contributed by atoms with Gasteiger partial charge in [0.05, 0.1) is 30.9 Å². The number of nitrogens with two attached hydrogens (primary N) is 1. The summed E-state index contributed by atoms with van der Waals surface area (Å²) in [5.74, 6) is 2.09. The molecule has 2 N–H and O–H groups in total. The van der Waals surface area contributed by atoms with Crippen LogP contribution in [0.2, 0.25) is 0 Å². The number of methoxy groups -OCH3 is 1. The minimum absolute atomic E-state index is 0.405. The Labute approximate surface area is 130 Å². The summed E-state index contributed by atoms with van der Waals surface area (Å²) in [5, 5.41) is 0. The Balaban J connectivity index is 1.57.